The zero-order valence-corrected chi connectivity index (χ0v) is 15.1. The molecule has 2 aliphatic heterocycles. The maximum atomic E-state index is 13.0. The van der Waals surface area contributed by atoms with Crippen molar-refractivity contribution in [2.75, 3.05) is 18.5 Å². The van der Waals surface area contributed by atoms with E-state index < -0.39 is 6.36 Å². The molecule has 2 heterocycles. The molecule has 0 unspecified atom stereocenters. The average molecular weight is 392 g/mol. The molecule has 1 fully saturated rings. The van der Waals surface area contributed by atoms with Gasteiger partial charge in [-0.2, -0.15) is 0 Å². The highest BCUT2D eigenvalue weighted by Gasteiger charge is 2.41. The molecule has 1 amide bonds. The normalized spacial score (nSPS) is 22.3. The van der Waals surface area contributed by atoms with Crippen LogP contribution in [0.2, 0.25) is 0 Å². The Morgan fingerprint density at radius 2 is 1.86 bits per heavy atom. The van der Waals surface area contributed by atoms with Gasteiger partial charge in [0, 0.05) is 26.6 Å². The number of halogens is 3. The quantitative estimate of drug-likeness (QED) is 0.801. The third kappa shape index (κ3) is 3.77. The molecule has 8 heteroatoms. The van der Waals surface area contributed by atoms with Gasteiger partial charge in [0.15, 0.2) is 0 Å². The van der Waals surface area contributed by atoms with Crippen molar-refractivity contribution in [2.24, 2.45) is 0 Å². The molecule has 0 N–H and O–H groups in total. The number of alkyl halides is 3. The number of likely N-dealkylation sites (N-methyl/N-ethyl adjacent to an activating group) is 1. The van der Waals surface area contributed by atoms with Gasteiger partial charge in [0.1, 0.15) is 17.6 Å². The minimum Gasteiger partial charge on any atom is -0.487 e. The van der Waals surface area contributed by atoms with Crippen LogP contribution in [0.1, 0.15) is 12.0 Å². The number of hydrogen-bond acceptors (Lipinski definition) is 4. The predicted octanol–water partition coefficient (Wildman–Crippen LogP) is 3.58. The van der Waals surface area contributed by atoms with E-state index in [9.17, 15) is 18.0 Å². The van der Waals surface area contributed by atoms with E-state index in [1.807, 2.05) is 29.2 Å². The van der Waals surface area contributed by atoms with Crippen LogP contribution in [0, 0.1) is 0 Å². The largest absolute Gasteiger partial charge is 0.573 e. The van der Waals surface area contributed by atoms with E-state index in [0.29, 0.717) is 25.3 Å². The fraction of sp³-hybridized carbons (Fsp3) is 0.350. The average Bonchev–Trinajstić information content (AvgIpc) is 3.04. The Hall–Kier alpha value is -2.74. The van der Waals surface area contributed by atoms with Crippen molar-refractivity contribution >= 4 is 11.6 Å². The lowest BCUT2D eigenvalue weighted by atomic mass is 10.1. The molecule has 28 heavy (non-hydrogen) atoms. The second-order valence-electron chi connectivity index (χ2n) is 6.98. The molecule has 0 spiro atoms. The summed E-state index contributed by atoms with van der Waals surface area (Å²) in [6.45, 7) is 1.01. The van der Waals surface area contributed by atoms with Gasteiger partial charge in [0.05, 0.1) is 11.7 Å². The van der Waals surface area contributed by atoms with Crippen LogP contribution >= 0.6 is 0 Å². The third-order valence-electron chi connectivity index (χ3n) is 5.04. The number of rotatable bonds is 3. The van der Waals surface area contributed by atoms with Gasteiger partial charge < -0.3 is 14.4 Å². The summed E-state index contributed by atoms with van der Waals surface area (Å²) in [6.07, 6.45) is -4.25. The number of ether oxygens (including phenoxy) is 2. The summed E-state index contributed by atoms with van der Waals surface area (Å²) in [5, 5.41) is 0. The second kappa shape index (κ2) is 7.01. The fourth-order valence-corrected chi connectivity index (χ4v) is 3.77. The Morgan fingerprint density at radius 1 is 1.14 bits per heavy atom. The zero-order chi connectivity index (χ0) is 19.9. The second-order valence-corrected chi connectivity index (χ2v) is 6.98. The molecule has 148 valence electrons. The first-order chi connectivity index (χ1) is 13.3. The van der Waals surface area contributed by atoms with Crippen LogP contribution in [0.3, 0.4) is 0 Å². The monoisotopic (exact) mass is 392 g/mol. The molecular formula is C20H19F3N2O3. The van der Waals surface area contributed by atoms with E-state index in [4.69, 9.17) is 4.74 Å². The first kappa shape index (κ1) is 18.6. The first-order valence-electron chi connectivity index (χ1n) is 8.92. The molecule has 2 bridgehead atoms. The topological polar surface area (TPSA) is 42.0 Å². The Morgan fingerprint density at radius 3 is 2.57 bits per heavy atom. The number of benzene rings is 2. The van der Waals surface area contributed by atoms with Crippen LogP contribution < -0.4 is 14.4 Å². The zero-order valence-electron chi connectivity index (χ0n) is 15.1. The highest BCUT2D eigenvalue weighted by molar-refractivity contribution is 5.98. The summed E-state index contributed by atoms with van der Waals surface area (Å²) in [5.74, 6) is 0.396. The van der Waals surface area contributed by atoms with Crippen LogP contribution in [-0.2, 0) is 11.3 Å². The van der Waals surface area contributed by atoms with E-state index in [2.05, 4.69) is 4.74 Å². The summed E-state index contributed by atoms with van der Waals surface area (Å²) in [4.78, 5) is 16.6. The van der Waals surface area contributed by atoms with Gasteiger partial charge in [-0.05, 0) is 29.8 Å². The Labute approximate surface area is 160 Å². The smallest absolute Gasteiger partial charge is 0.487 e. The lowest BCUT2D eigenvalue weighted by molar-refractivity contribution is -0.274. The number of hydrogen-bond donors (Lipinski definition) is 0. The van der Waals surface area contributed by atoms with Crippen molar-refractivity contribution in [3.05, 3.63) is 54.1 Å². The van der Waals surface area contributed by atoms with E-state index in [1.54, 1.807) is 24.1 Å². The molecule has 2 aromatic rings. The standard InChI is InChI=1S/C20H19F3N2O3/c1-24-16-4-2-3-5-18(16)27-15-10-17(19(24)26)25(12-15)11-13-6-8-14(9-7-13)28-20(21,22)23/h2-9,15,17H,10-12H2,1H3/t15-,17-/m0/s1. The van der Waals surface area contributed by atoms with Crippen LogP contribution in [0.5, 0.6) is 11.5 Å². The highest BCUT2D eigenvalue weighted by Crippen LogP contribution is 2.36. The summed E-state index contributed by atoms with van der Waals surface area (Å²) in [5.41, 5.74) is 1.53. The lowest BCUT2D eigenvalue weighted by Crippen LogP contribution is -2.44. The summed E-state index contributed by atoms with van der Waals surface area (Å²) in [6, 6.07) is 12.8. The number of anilines is 1. The molecule has 1 saturated heterocycles. The molecule has 0 aromatic heterocycles. The van der Waals surface area contributed by atoms with E-state index in [0.717, 1.165) is 11.3 Å². The van der Waals surface area contributed by atoms with Crippen LogP contribution in [-0.4, -0.2) is 42.9 Å². The molecule has 2 aromatic carbocycles. The number of nitrogens with zero attached hydrogens (tertiary/aromatic N) is 2. The van der Waals surface area contributed by atoms with Crippen LogP contribution in [0.15, 0.2) is 48.5 Å². The van der Waals surface area contributed by atoms with Gasteiger partial charge in [-0.25, -0.2) is 0 Å². The Bertz CT molecular complexity index is 870. The van der Waals surface area contributed by atoms with Crippen molar-refractivity contribution in [2.45, 2.75) is 31.5 Å². The van der Waals surface area contributed by atoms with Gasteiger partial charge in [-0.15, -0.1) is 13.2 Å². The summed E-state index contributed by atoms with van der Waals surface area (Å²) < 4.78 is 46.9. The minimum atomic E-state index is -4.71. The maximum Gasteiger partial charge on any atom is 0.573 e. The molecule has 2 atom stereocenters. The molecule has 0 radical (unpaired) electrons. The number of amides is 1. The van der Waals surface area contributed by atoms with Gasteiger partial charge >= 0.3 is 6.36 Å². The van der Waals surface area contributed by atoms with Gasteiger partial charge in [-0.3, -0.25) is 9.69 Å². The summed E-state index contributed by atoms with van der Waals surface area (Å²) in [7, 11) is 1.73. The van der Waals surface area contributed by atoms with Crippen LogP contribution in [0.4, 0.5) is 18.9 Å². The van der Waals surface area contributed by atoms with Crippen molar-refractivity contribution < 1.29 is 27.4 Å². The SMILES string of the molecule is CN1C(=O)[C@@H]2C[C@@H](CN2Cc2ccc(OC(F)(F)F)cc2)Oc2ccccc21. The number of fused-ring (bicyclic) bond motifs is 3. The maximum absolute atomic E-state index is 13.0. The van der Waals surface area contributed by atoms with Crippen molar-refractivity contribution in [1.82, 2.24) is 4.90 Å². The molecule has 4 rings (SSSR count). The minimum absolute atomic E-state index is 0.0183. The Balaban J connectivity index is 1.51. The van der Waals surface area contributed by atoms with Crippen molar-refractivity contribution in [1.29, 1.82) is 0 Å². The van der Waals surface area contributed by atoms with Crippen LogP contribution in [0.25, 0.3) is 0 Å². The van der Waals surface area contributed by atoms with Gasteiger partial charge in [-0.1, -0.05) is 24.3 Å². The van der Waals surface area contributed by atoms with E-state index in [-0.39, 0.29) is 23.8 Å². The molecule has 2 aliphatic rings. The summed E-state index contributed by atoms with van der Waals surface area (Å²) >= 11 is 0. The van der Waals surface area contributed by atoms with Gasteiger partial charge in [0.2, 0.25) is 5.91 Å². The fourth-order valence-electron chi connectivity index (χ4n) is 3.77. The third-order valence-corrected chi connectivity index (χ3v) is 5.04. The predicted molar refractivity (Wildman–Crippen MR) is 96.2 cm³/mol. The molecule has 5 nitrogen and oxygen atoms in total. The van der Waals surface area contributed by atoms with Crippen molar-refractivity contribution in [3.63, 3.8) is 0 Å². The molecule has 0 saturated carbocycles. The number of para-hydroxylation sites is 2. The lowest BCUT2D eigenvalue weighted by Gasteiger charge is -2.29. The first-order valence-corrected chi connectivity index (χ1v) is 8.92. The molecular weight excluding hydrogens is 373 g/mol. The van der Waals surface area contributed by atoms with Crippen molar-refractivity contribution in [3.8, 4) is 11.5 Å². The number of carbonyl (C=O) groups is 1. The van der Waals surface area contributed by atoms with E-state index >= 15 is 0 Å². The molecule has 0 aliphatic carbocycles. The van der Waals surface area contributed by atoms with Gasteiger partial charge in [0.25, 0.3) is 0 Å². The number of carbonyl (C=O) groups excluding carboxylic acids is 1. The Kier molecular flexibility index (Phi) is 4.66. The van der Waals surface area contributed by atoms with E-state index in [1.165, 1.54) is 12.1 Å². The number of likely N-dealkylation sites (tertiary alicyclic amines) is 1. The highest BCUT2D eigenvalue weighted by atomic mass is 19.4.